The van der Waals surface area contributed by atoms with Crippen molar-refractivity contribution in [3.05, 3.63) is 24.3 Å². The number of rotatable bonds is 9. The summed E-state index contributed by atoms with van der Waals surface area (Å²) < 4.78 is 0. The number of hydrogen-bond acceptors (Lipinski definition) is 3. The second-order valence-electron chi connectivity index (χ2n) is 16.0. The van der Waals surface area contributed by atoms with E-state index < -0.39 is 24.0 Å². The number of hydrogen-bond donors (Lipinski definition) is 3. The largest absolute Gasteiger partial charge is 0.481 e. The van der Waals surface area contributed by atoms with Gasteiger partial charge in [0.2, 0.25) is 0 Å². The summed E-state index contributed by atoms with van der Waals surface area (Å²) >= 11 is 0. The lowest BCUT2D eigenvalue weighted by Crippen LogP contribution is -2.53. The fourth-order valence-electron chi connectivity index (χ4n) is 10.6. The first-order valence-electron chi connectivity index (χ1n) is 15.9. The Labute approximate surface area is 242 Å². The number of allylic oxidation sites excluding steroid dienone is 3. The van der Waals surface area contributed by atoms with Crippen molar-refractivity contribution in [2.75, 3.05) is 0 Å². The summed E-state index contributed by atoms with van der Waals surface area (Å²) in [4.78, 5) is 24.4. The lowest BCUT2D eigenvalue weighted by atomic mass is 9.44. The molecule has 0 aromatic rings. The van der Waals surface area contributed by atoms with E-state index in [2.05, 4.69) is 67.2 Å². The van der Waals surface area contributed by atoms with Crippen LogP contribution >= 0.6 is 0 Å². The van der Waals surface area contributed by atoms with E-state index in [9.17, 15) is 24.9 Å². The fourth-order valence-corrected chi connectivity index (χ4v) is 10.6. The highest BCUT2D eigenvalue weighted by atomic mass is 16.4. The van der Waals surface area contributed by atoms with Gasteiger partial charge in [-0.2, -0.15) is 0 Å². The predicted octanol–water partition coefficient (Wildman–Crippen LogP) is 7.98. The van der Waals surface area contributed by atoms with E-state index >= 15 is 0 Å². The van der Waals surface area contributed by atoms with Gasteiger partial charge < -0.3 is 15.3 Å². The van der Waals surface area contributed by atoms with Gasteiger partial charge in [-0.3, -0.25) is 9.59 Å². The van der Waals surface area contributed by atoms with Crippen LogP contribution in [0.4, 0.5) is 0 Å². The highest BCUT2D eigenvalue weighted by molar-refractivity contribution is 5.71. The van der Waals surface area contributed by atoms with Crippen LogP contribution < -0.4 is 0 Å². The summed E-state index contributed by atoms with van der Waals surface area (Å²) in [7, 11) is 0. The van der Waals surface area contributed by atoms with Gasteiger partial charge in [-0.25, -0.2) is 0 Å². The maximum Gasteiger partial charge on any atom is 0.306 e. The molecular formula is C35H56O5. The second kappa shape index (κ2) is 10.9. The van der Waals surface area contributed by atoms with E-state index in [1.54, 1.807) is 0 Å². The van der Waals surface area contributed by atoms with Crippen molar-refractivity contribution in [3.63, 3.8) is 0 Å². The lowest BCUT2D eigenvalue weighted by molar-refractivity contribution is -0.150. The summed E-state index contributed by atoms with van der Waals surface area (Å²) in [5, 5.41) is 31.7. The summed E-state index contributed by atoms with van der Waals surface area (Å²) in [6.45, 7) is 20.0. The van der Waals surface area contributed by atoms with Crippen molar-refractivity contribution in [2.45, 2.75) is 119 Å². The zero-order valence-corrected chi connectivity index (χ0v) is 26.2. The van der Waals surface area contributed by atoms with Crippen molar-refractivity contribution in [3.8, 4) is 0 Å². The molecule has 5 nitrogen and oxygen atoms in total. The molecular weight excluding hydrogens is 500 g/mol. The summed E-state index contributed by atoms with van der Waals surface area (Å²) in [5.41, 5.74) is 0.782. The molecule has 3 fully saturated rings. The van der Waals surface area contributed by atoms with Crippen LogP contribution in [0.3, 0.4) is 0 Å². The average Bonchev–Trinajstić information content (AvgIpc) is 3.05. The summed E-state index contributed by atoms with van der Waals surface area (Å²) in [5.74, 6) is -0.653. The number of aliphatic carboxylic acids is 2. The molecule has 0 aliphatic heterocycles. The van der Waals surface area contributed by atoms with Crippen molar-refractivity contribution >= 4 is 11.9 Å². The van der Waals surface area contributed by atoms with Crippen molar-refractivity contribution in [1.82, 2.24) is 0 Å². The van der Waals surface area contributed by atoms with Crippen LogP contribution in [0.5, 0.6) is 0 Å². The first kappa shape index (κ1) is 31.3. The molecule has 0 heterocycles. The molecule has 0 aromatic heterocycles. The van der Waals surface area contributed by atoms with Gasteiger partial charge in [-0.15, -0.1) is 0 Å². The molecule has 226 valence electrons. The number of carbonyl (C=O) groups is 2. The molecule has 4 aliphatic rings. The molecule has 0 bridgehead atoms. The zero-order valence-electron chi connectivity index (χ0n) is 26.2. The molecule has 40 heavy (non-hydrogen) atoms. The Morgan fingerprint density at radius 1 is 1.02 bits per heavy atom. The Kier molecular flexibility index (Phi) is 8.53. The Bertz CT molecular complexity index is 1030. The number of carboxylic acid groups (broad SMARTS) is 2. The Morgan fingerprint density at radius 3 is 2.27 bits per heavy atom. The molecule has 0 spiro atoms. The molecule has 0 saturated heterocycles. The van der Waals surface area contributed by atoms with Crippen LogP contribution in [-0.2, 0) is 9.59 Å². The Hall–Kier alpha value is -1.62. The molecule has 0 radical (unpaired) electrons. The van der Waals surface area contributed by atoms with Crippen LogP contribution in [-0.4, -0.2) is 33.4 Å². The molecule has 10 atom stereocenters. The van der Waals surface area contributed by atoms with E-state index in [4.69, 9.17) is 0 Å². The molecule has 3 saturated carbocycles. The van der Waals surface area contributed by atoms with E-state index in [0.29, 0.717) is 37.0 Å². The Balaban J connectivity index is 1.62. The number of carboxylic acids is 2. The van der Waals surface area contributed by atoms with Gasteiger partial charge >= 0.3 is 11.9 Å². The third kappa shape index (κ3) is 5.11. The second-order valence-corrected chi connectivity index (χ2v) is 16.0. The SMILES string of the molecule is C=C(CC[C@@H](C(=O)O)[C@H]1[C@H](O)C[C@@]2(C)C([C@@H]3CC[C@@]4(C)CCC(CC(=O)O)C(C)(C)[C@@H]4C3)C=CC[C@]12C)C(C)C. The van der Waals surface area contributed by atoms with Gasteiger partial charge in [0.1, 0.15) is 0 Å². The van der Waals surface area contributed by atoms with Crippen LogP contribution in [0.25, 0.3) is 0 Å². The molecule has 0 amide bonds. The summed E-state index contributed by atoms with van der Waals surface area (Å²) in [6, 6.07) is 0. The minimum Gasteiger partial charge on any atom is -0.481 e. The van der Waals surface area contributed by atoms with E-state index in [1.165, 1.54) is 0 Å². The average molecular weight is 557 g/mol. The van der Waals surface area contributed by atoms with Crippen molar-refractivity contribution < 1.29 is 24.9 Å². The molecule has 4 rings (SSSR count). The van der Waals surface area contributed by atoms with Crippen molar-refractivity contribution in [1.29, 1.82) is 0 Å². The van der Waals surface area contributed by atoms with Gasteiger partial charge in [0.15, 0.2) is 0 Å². The lowest BCUT2D eigenvalue weighted by Gasteiger charge is -2.61. The molecule has 2 unspecified atom stereocenters. The smallest absolute Gasteiger partial charge is 0.306 e. The van der Waals surface area contributed by atoms with E-state index in [0.717, 1.165) is 44.1 Å². The first-order valence-corrected chi connectivity index (χ1v) is 15.9. The monoisotopic (exact) mass is 556 g/mol. The number of aliphatic hydroxyl groups is 1. The summed E-state index contributed by atoms with van der Waals surface area (Å²) in [6.07, 6.45) is 12.4. The zero-order chi connectivity index (χ0) is 29.8. The normalized spacial score (nSPS) is 43.1. The first-order chi connectivity index (χ1) is 18.5. The standard InChI is InChI=1S/C35H56O5/c1-21(2)22(3)11-12-25(31(39)40)30-27(36)20-35(8)26(10-9-15-34(30,35)7)23-13-16-33(6)17-14-24(19-29(37)38)32(4,5)28(33)18-23/h9-10,21,23-28,30,36H,3,11-20H2,1-2,4-8H3,(H,37,38)(H,39,40)/t23-,24?,25-,26?,27-,28+,30+,33+,34-,35+/m1/s1. The van der Waals surface area contributed by atoms with Gasteiger partial charge in [0.25, 0.3) is 0 Å². The minimum atomic E-state index is -0.793. The topological polar surface area (TPSA) is 94.8 Å². The third-order valence-electron chi connectivity index (χ3n) is 13.5. The van der Waals surface area contributed by atoms with Crippen LogP contribution in [0, 0.1) is 63.1 Å². The molecule has 3 N–H and O–H groups in total. The predicted molar refractivity (Wildman–Crippen MR) is 160 cm³/mol. The van der Waals surface area contributed by atoms with Crippen LogP contribution in [0.2, 0.25) is 0 Å². The maximum atomic E-state index is 12.7. The molecule has 5 heteroatoms. The van der Waals surface area contributed by atoms with Gasteiger partial charge in [-0.05, 0) is 109 Å². The van der Waals surface area contributed by atoms with E-state index in [1.807, 2.05) is 0 Å². The van der Waals surface area contributed by atoms with Crippen molar-refractivity contribution in [2.24, 2.45) is 63.1 Å². The van der Waals surface area contributed by atoms with Crippen LogP contribution in [0.15, 0.2) is 24.3 Å². The quantitative estimate of drug-likeness (QED) is 0.250. The number of aliphatic hydroxyl groups excluding tert-OH is 1. The van der Waals surface area contributed by atoms with E-state index in [-0.39, 0.29) is 45.8 Å². The maximum absolute atomic E-state index is 12.7. The highest BCUT2D eigenvalue weighted by Gasteiger charge is 2.65. The van der Waals surface area contributed by atoms with Gasteiger partial charge in [0.05, 0.1) is 12.0 Å². The molecule has 4 aliphatic carbocycles. The van der Waals surface area contributed by atoms with Gasteiger partial charge in [0, 0.05) is 12.3 Å². The number of fused-ring (bicyclic) bond motifs is 2. The van der Waals surface area contributed by atoms with Crippen LogP contribution in [0.1, 0.15) is 113 Å². The highest BCUT2D eigenvalue weighted by Crippen LogP contribution is 2.70. The Morgan fingerprint density at radius 2 is 1.68 bits per heavy atom. The minimum absolute atomic E-state index is 0.0441. The van der Waals surface area contributed by atoms with Gasteiger partial charge in [-0.1, -0.05) is 72.8 Å². The third-order valence-corrected chi connectivity index (χ3v) is 13.5. The molecule has 0 aromatic carbocycles. The fraction of sp³-hybridized carbons (Fsp3) is 0.829.